The van der Waals surface area contributed by atoms with Crippen LogP contribution in [0.25, 0.3) is 11.0 Å². The minimum absolute atomic E-state index is 0.0470. The van der Waals surface area contributed by atoms with E-state index >= 15 is 0 Å². The second-order valence-corrected chi connectivity index (χ2v) is 7.71. The number of hydrogen-bond donors (Lipinski definition) is 1. The summed E-state index contributed by atoms with van der Waals surface area (Å²) in [5, 5.41) is 4.11. The van der Waals surface area contributed by atoms with E-state index in [4.69, 9.17) is 9.15 Å². The summed E-state index contributed by atoms with van der Waals surface area (Å²) in [6.45, 7) is 2.85. The van der Waals surface area contributed by atoms with Crippen molar-refractivity contribution in [3.05, 3.63) is 29.5 Å². The Balaban J connectivity index is 1.31. The molecule has 26 heavy (non-hydrogen) atoms. The van der Waals surface area contributed by atoms with Gasteiger partial charge in [0.05, 0.1) is 0 Å². The van der Waals surface area contributed by atoms with Crippen LogP contribution in [0.15, 0.2) is 22.6 Å². The minimum atomic E-state index is -0.0737. The van der Waals surface area contributed by atoms with Gasteiger partial charge in [-0.1, -0.05) is 0 Å². The van der Waals surface area contributed by atoms with Crippen molar-refractivity contribution in [1.29, 1.82) is 0 Å². The number of furan rings is 1. The van der Waals surface area contributed by atoms with E-state index in [1.165, 1.54) is 31.2 Å². The van der Waals surface area contributed by atoms with Crippen molar-refractivity contribution >= 4 is 16.9 Å². The Hall–Kier alpha value is -2.01. The summed E-state index contributed by atoms with van der Waals surface area (Å²) in [4.78, 5) is 14.4. The van der Waals surface area contributed by atoms with Gasteiger partial charge in [0.15, 0.2) is 6.61 Å². The number of likely N-dealkylation sites (N-methyl/N-ethyl adjacent to an activating group) is 1. The molecule has 1 N–H and O–H groups in total. The van der Waals surface area contributed by atoms with Crippen molar-refractivity contribution in [2.75, 3.05) is 20.2 Å². The number of carbonyl (C=O) groups is 1. The summed E-state index contributed by atoms with van der Waals surface area (Å²) >= 11 is 0. The van der Waals surface area contributed by atoms with Gasteiger partial charge < -0.3 is 14.5 Å². The van der Waals surface area contributed by atoms with E-state index in [2.05, 4.69) is 24.2 Å². The molecule has 140 valence electrons. The maximum absolute atomic E-state index is 12.1. The Labute approximate surface area is 154 Å². The van der Waals surface area contributed by atoms with Gasteiger partial charge in [-0.3, -0.25) is 9.69 Å². The first-order valence-corrected chi connectivity index (χ1v) is 9.77. The molecule has 0 saturated heterocycles. The Morgan fingerprint density at radius 3 is 2.96 bits per heavy atom. The molecule has 1 fully saturated rings. The molecule has 2 aromatic rings. The summed E-state index contributed by atoms with van der Waals surface area (Å²) in [6, 6.07) is 6.90. The van der Waals surface area contributed by atoms with Crippen molar-refractivity contribution in [2.24, 2.45) is 0 Å². The van der Waals surface area contributed by atoms with E-state index in [1.807, 2.05) is 18.2 Å². The largest absolute Gasteiger partial charge is 0.484 e. The van der Waals surface area contributed by atoms with Crippen LogP contribution >= 0.6 is 0 Å². The van der Waals surface area contributed by atoms with Gasteiger partial charge in [0.1, 0.15) is 17.1 Å². The van der Waals surface area contributed by atoms with E-state index in [0.717, 1.165) is 35.3 Å². The molecule has 0 spiro atoms. The molecule has 1 heterocycles. The average Bonchev–Trinajstić information content (AvgIpc) is 3.44. The molecule has 0 aliphatic heterocycles. The summed E-state index contributed by atoms with van der Waals surface area (Å²) in [6.07, 6.45) is 7.05. The van der Waals surface area contributed by atoms with Crippen LogP contribution in [0, 0.1) is 0 Å². The van der Waals surface area contributed by atoms with Gasteiger partial charge in [-0.15, -0.1) is 0 Å². The predicted octanol–water partition coefficient (Wildman–Crippen LogP) is 3.29. The van der Waals surface area contributed by atoms with E-state index in [-0.39, 0.29) is 12.5 Å². The van der Waals surface area contributed by atoms with Crippen LogP contribution in [0.5, 0.6) is 5.75 Å². The lowest BCUT2D eigenvalue weighted by atomic mass is 9.96. The molecule has 2 aliphatic carbocycles. The standard InChI is InChI=1S/C21H28N2O3/c1-14(23(2)15-7-8-15)12-22-21(24)13-25-16-9-10-20-18(11-16)17-5-3-4-6-19(17)26-20/h9-11,14-15H,3-8,12-13H2,1-2H3,(H,22,24). The van der Waals surface area contributed by atoms with Gasteiger partial charge in [-0.2, -0.15) is 0 Å². The van der Waals surface area contributed by atoms with E-state index in [9.17, 15) is 4.79 Å². The molecule has 1 aromatic heterocycles. The van der Waals surface area contributed by atoms with Crippen molar-refractivity contribution in [3.63, 3.8) is 0 Å². The molecule has 4 rings (SSSR count). The lowest BCUT2D eigenvalue weighted by Crippen LogP contribution is -2.42. The summed E-state index contributed by atoms with van der Waals surface area (Å²) in [5.74, 6) is 1.77. The number of nitrogens with zero attached hydrogens (tertiary/aromatic N) is 1. The maximum atomic E-state index is 12.1. The fraction of sp³-hybridized carbons (Fsp3) is 0.571. The molecule has 0 radical (unpaired) electrons. The van der Waals surface area contributed by atoms with Crippen LogP contribution in [0.2, 0.25) is 0 Å². The minimum Gasteiger partial charge on any atom is -0.484 e. The van der Waals surface area contributed by atoms with Crippen LogP contribution in [-0.2, 0) is 17.6 Å². The number of aryl methyl sites for hydroxylation is 2. The van der Waals surface area contributed by atoms with E-state index in [0.29, 0.717) is 18.6 Å². The number of ether oxygens (including phenoxy) is 1. The summed E-state index contributed by atoms with van der Waals surface area (Å²) < 4.78 is 11.7. The first-order chi connectivity index (χ1) is 12.6. The third-order valence-corrected chi connectivity index (χ3v) is 5.71. The molecule has 1 atom stereocenters. The molecule has 2 aliphatic rings. The zero-order chi connectivity index (χ0) is 18.1. The molecule has 1 amide bonds. The van der Waals surface area contributed by atoms with E-state index in [1.54, 1.807) is 0 Å². The molecular weight excluding hydrogens is 328 g/mol. The van der Waals surface area contributed by atoms with Gasteiger partial charge in [0, 0.05) is 36.0 Å². The summed E-state index contributed by atoms with van der Waals surface area (Å²) in [5.41, 5.74) is 2.24. The fourth-order valence-corrected chi connectivity index (χ4v) is 3.78. The highest BCUT2D eigenvalue weighted by Gasteiger charge is 2.29. The van der Waals surface area contributed by atoms with Crippen LogP contribution in [-0.4, -0.2) is 43.1 Å². The number of hydrogen-bond acceptors (Lipinski definition) is 4. The van der Waals surface area contributed by atoms with Crippen LogP contribution < -0.4 is 10.1 Å². The van der Waals surface area contributed by atoms with Crippen molar-refractivity contribution in [1.82, 2.24) is 10.2 Å². The Kier molecular flexibility index (Phi) is 4.90. The van der Waals surface area contributed by atoms with Crippen LogP contribution in [0.4, 0.5) is 0 Å². The number of nitrogens with one attached hydrogen (secondary N) is 1. The molecular formula is C21H28N2O3. The monoisotopic (exact) mass is 356 g/mol. The molecule has 1 saturated carbocycles. The maximum Gasteiger partial charge on any atom is 0.257 e. The zero-order valence-corrected chi connectivity index (χ0v) is 15.7. The number of amides is 1. The zero-order valence-electron chi connectivity index (χ0n) is 15.7. The normalized spacial score (nSPS) is 18.0. The highest BCUT2D eigenvalue weighted by Crippen LogP contribution is 2.33. The van der Waals surface area contributed by atoms with Crippen LogP contribution in [0.1, 0.15) is 43.9 Å². The van der Waals surface area contributed by atoms with Crippen LogP contribution in [0.3, 0.4) is 0 Å². The highest BCUT2D eigenvalue weighted by molar-refractivity contribution is 5.84. The van der Waals surface area contributed by atoms with Crippen molar-refractivity contribution in [3.8, 4) is 5.75 Å². The number of benzene rings is 1. The first kappa shape index (κ1) is 17.4. The molecule has 5 nitrogen and oxygen atoms in total. The predicted molar refractivity (Wildman–Crippen MR) is 102 cm³/mol. The number of rotatable bonds is 7. The van der Waals surface area contributed by atoms with Gasteiger partial charge in [0.2, 0.25) is 0 Å². The second-order valence-electron chi connectivity index (χ2n) is 7.71. The molecule has 5 heteroatoms. The Morgan fingerprint density at radius 2 is 2.15 bits per heavy atom. The Morgan fingerprint density at radius 1 is 1.35 bits per heavy atom. The third kappa shape index (κ3) is 3.73. The van der Waals surface area contributed by atoms with Gasteiger partial charge in [-0.25, -0.2) is 0 Å². The van der Waals surface area contributed by atoms with E-state index < -0.39 is 0 Å². The first-order valence-electron chi connectivity index (χ1n) is 9.77. The fourth-order valence-electron chi connectivity index (χ4n) is 3.78. The quantitative estimate of drug-likeness (QED) is 0.827. The summed E-state index contributed by atoms with van der Waals surface area (Å²) in [7, 11) is 2.13. The lowest BCUT2D eigenvalue weighted by Gasteiger charge is -2.24. The number of fused-ring (bicyclic) bond motifs is 3. The van der Waals surface area contributed by atoms with Crippen molar-refractivity contribution < 1.29 is 13.9 Å². The van der Waals surface area contributed by atoms with Gasteiger partial charge in [0.25, 0.3) is 5.91 Å². The Bertz CT molecular complexity index is 794. The topological polar surface area (TPSA) is 54.7 Å². The lowest BCUT2D eigenvalue weighted by molar-refractivity contribution is -0.123. The van der Waals surface area contributed by atoms with Gasteiger partial charge in [-0.05, 0) is 64.3 Å². The SMILES string of the molecule is CC(CNC(=O)COc1ccc2oc3c(c2c1)CCCC3)N(C)C1CC1. The third-order valence-electron chi connectivity index (χ3n) is 5.71. The smallest absolute Gasteiger partial charge is 0.257 e. The van der Waals surface area contributed by atoms with Crippen molar-refractivity contribution in [2.45, 2.75) is 57.5 Å². The highest BCUT2D eigenvalue weighted by atomic mass is 16.5. The molecule has 1 unspecified atom stereocenters. The molecule has 0 bridgehead atoms. The van der Waals surface area contributed by atoms with Gasteiger partial charge >= 0.3 is 0 Å². The molecule has 1 aromatic carbocycles. The average molecular weight is 356 g/mol. The number of carbonyl (C=O) groups excluding carboxylic acids is 1. The second kappa shape index (κ2) is 7.31.